The third-order valence-corrected chi connectivity index (χ3v) is 2.35. The summed E-state index contributed by atoms with van der Waals surface area (Å²) in [5.41, 5.74) is 0.469. The summed E-state index contributed by atoms with van der Waals surface area (Å²) in [5, 5.41) is 17.8. The molecule has 1 heterocycles. The van der Waals surface area contributed by atoms with Gasteiger partial charge in [0.25, 0.3) is 0 Å². The molecule has 0 unspecified atom stereocenters. The van der Waals surface area contributed by atoms with E-state index in [0.717, 1.165) is 0 Å². The molecule has 1 aromatic heterocycles. The lowest BCUT2D eigenvalue weighted by Crippen LogP contribution is -2.29. The molecule has 0 aliphatic rings. The molecule has 0 atom stereocenters. The lowest BCUT2D eigenvalue weighted by molar-refractivity contribution is 0.187. The fraction of sp³-hybridized carbons (Fsp3) is 0.429. The highest BCUT2D eigenvalue weighted by atomic mass is 79.9. The van der Waals surface area contributed by atoms with Crippen molar-refractivity contribution in [3.8, 4) is 0 Å². The molecule has 0 aliphatic carbocycles. The van der Waals surface area contributed by atoms with E-state index in [1.54, 1.807) is 19.5 Å². The maximum absolute atomic E-state index is 8.92. The van der Waals surface area contributed by atoms with Crippen molar-refractivity contribution in [3.63, 3.8) is 0 Å². The van der Waals surface area contributed by atoms with Gasteiger partial charge in [0.15, 0.2) is 0 Å². The minimum Gasteiger partial charge on any atom is -0.423 e. The molecule has 6 heteroatoms. The van der Waals surface area contributed by atoms with E-state index in [9.17, 15) is 0 Å². The molecule has 2 N–H and O–H groups in total. The summed E-state index contributed by atoms with van der Waals surface area (Å²) >= 11 is 3.23. The Morgan fingerprint density at radius 2 is 2.23 bits per heavy atom. The summed E-state index contributed by atoms with van der Waals surface area (Å²) < 4.78 is 7.42. The van der Waals surface area contributed by atoms with E-state index >= 15 is 0 Å². The van der Waals surface area contributed by atoms with Crippen molar-refractivity contribution in [1.29, 1.82) is 0 Å². The van der Waals surface area contributed by atoms with Crippen LogP contribution in [0.2, 0.25) is 0 Å². The SMILES string of the molecule is COCCn1cc(Br)c(B(O)O)c1. The van der Waals surface area contributed by atoms with Gasteiger partial charge in [0.2, 0.25) is 0 Å². The molecule has 0 fully saturated rings. The van der Waals surface area contributed by atoms with Crippen LogP contribution in [0.4, 0.5) is 0 Å². The van der Waals surface area contributed by atoms with Crippen molar-refractivity contribution in [2.45, 2.75) is 6.54 Å². The fourth-order valence-corrected chi connectivity index (χ4v) is 1.58. The minimum absolute atomic E-state index is 0.469. The summed E-state index contributed by atoms with van der Waals surface area (Å²) in [5.74, 6) is 0. The smallest absolute Gasteiger partial charge is 0.423 e. The number of hydrogen-bond donors (Lipinski definition) is 2. The van der Waals surface area contributed by atoms with E-state index in [-0.39, 0.29) is 0 Å². The van der Waals surface area contributed by atoms with Crippen LogP contribution in [0, 0.1) is 0 Å². The first kappa shape index (κ1) is 10.8. The average Bonchev–Trinajstić information content (AvgIpc) is 2.43. The molecule has 1 aromatic rings. The van der Waals surface area contributed by atoms with Gasteiger partial charge in [0.1, 0.15) is 0 Å². The van der Waals surface area contributed by atoms with Crippen molar-refractivity contribution in [1.82, 2.24) is 4.57 Å². The quantitative estimate of drug-likeness (QED) is 0.711. The second-order valence-electron chi connectivity index (χ2n) is 2.67. The van der Waals surface area contributed by atoms with Crippen LogP contribution in [0.1, 0.15) is 0 Å². The van der Waals surface area contributed by atoms with Gasteiger partial charge >= 0.3 is 7.12 Å². The molecule has 0 saturated heterocycles. The normalized spacial score (nSPS) is 10.5. The Hall–Kier alpha value is -0.295. The van der Waals surface area contributed by atoms with Gasteiger partial charge in [-0.05, 0) is 15.9 Å². The summed E-state index contributed by atoms with van der Waals surface area (Å²) in [6.07, 6.45) is 3.46. The van der Waals surface area contributed by atoms with E-state index in [2.05, 4.69) is 15.9 Å². The fourth-order valence-electron chi connectivity index (χ4n) is 1.01. The number of halogens is 1. The first-order valence-electron chi connectivity index (χ1n) is 3.85. The van der Waals surface area contributed by atoms with E-state index in [0.29, 0.717) is 23.1 Å². The molecule has 13 heavy (non-hydrogen) atoms. The van der Waals surface area contributed by atoms with Crippen LogP contribution in [0.3, 0.4) is 0 Å². The van der Waals surface area contributed by atoms with Crippen LogP contribution < -0.4 is 5.46 Å². The summed E-state index contributed by atoms with van der Waals surface area (Å²) in [6.45, 7) is 1.30. The predicted molar refractivity (Wildman–Crippen MR) is 53.8 cm³/mol. The van der Waals surface area contributed by atoms with Gasteiger partial charge in [0, 0.05) is 36.0 Å². The van der Waals surface area contributed by atoms with Gasteiger partial charge in [-0.1, -0.05) is 0 Å². The first-order valence-corrected chi connectivity index (χ1v) is 4.64. The Morgan fingerprint density at radius 1 is 1.54 bits per heavy atom. The van der Waals surface area contributed by atoms with Crippen LogP contribution in [0.15, 0.2) is 16.9 Å². The van der Waals surface area contributed by atoms with Crippen molar-refractivity contribution >= 4 is 28.5 Å². The number of rotatable bonds is 4. The molecule has 0 aliphatic heterocycles. The van der Waals surface area contributed by atoms with Crippen molar-refractivity contribution in [2.75, 3.05) is 13.7 Å². The number of ether oxygens (including phenoxy) is 1. The summed E-state index contributed by atoms with van der Waals surface area (Å²) in [4.78, 5) is 0. The van der Waals surface area contributed by atoms with Crippen LogP contribution in [-0.4, -0.2) is 35.5 Å². The van der Waals surface area contributed by atoms with Crippen molar-refractivity contribution in [2.24, 2.45) is 0 Å². The molecule has 0 bridgehead atoms. The largest absolute Gasteiger partial charge is 0.491 e. The highest BCUT2D eigenvalue weighted by molar-refractivity contribution is 9.10. The zero-order chi connectivity index (χ0) is 9.84. The van der Waals surface area contributed by atoms with Gasteiger partial charge in [0.05, 0.1) is 6.61 Å². The molecule has 0 spiro atoms. The zero-order valence-electron chi connectivity index (χ0n) is 7.27. The van der Waals surface area contributed by atoms with E-state index in [4.69, 9.17) is 14.8 Å². The Morgan fingerprint density at radius 3 is 2.69 bits per heavy atom. The van der Waals surface area contributed by atoms with Crippen LogP contribution >= 0.6 is 15.9 Å². The topological polar surface area (TPSA) is 54.6 Å². The van der Waals surface area contributed by atoms with E-state index in [1.807, 2.05) is 4.57 Å². The summed E-state index contributed by atoms with van der Waals surface area (Å²) in [6, 6.07) is 0. The summed E-state index contributed by atoms with van der Waals surface area (Å²) in [7, 11) is 0.193. The molecule has 0 amide bonds. The number of aromatic nitrogens is 1. The highest BCUT2D eigenvalue weighted by Gasteiger charge is 2.16. The van der Waals surface area contributed by atoms with Crippen LogP contribution in [0.5, 0.6) is 0 Å². The molecule has 1 rings (SSSR count). The number of hydrogen-bond acceptors (Lipinski definition) is 3. The first-order chi connectivity index (χ1) is 6.15. The molecular formula is C7H11BBrNO3. The Kier molecular flexibility index (Phi) is 3.99. The van der Waals surface area contributed by atoms with Crippen LogP contribution in [-0.2, 0) is 11.3 Å². The second-order valence-corrected chi connectivity index (χ2v) is 3.52. The third-order valence-electron chi connectivity index (χ3n) is 1.69. The van der Waals surface area contributed by atoms with Gasteiger partial charge < -0.3 is 19.4 Å². The lowest BCUT2D eigenvalue weighted by Gasteiger charge is -1.99. The van der Waals surface area contributed by atoms with Gasteiger partial charge in [-0.2, -0.15) is 0 Å². The molecule has 72 valence electrons. The van der Waals surface area contributed by atoms with Gasteiger partial charge in [-0.3, -0.25) is 0 Å². The zero-order valence-corrected chi connectivity index (χ0v) is 8.86. The van der Waals surface area contributed by atoms with E-state index < -0.39 is 7.12 Å². The maximum atomic E-state index is 8.92. The second kappa shape index (κ2) is 4.81. The average molecular weight is 248 g/mol. The molecular weight excluding hydrogens is 237 g/mol. The highest BCUT2D eigenvalue weighted by Crippen LogP contribution is 2.07. The lowest BCUT2D eigenvalue weighted by atomic mass is 9.83. The van der Waals surface area contributed by atoms with Crippen molar-refractivity contribution < 1.29 is 14.8 Å². The predicted octanol–water partition coefficient (Wildman–Crippen LogP) is -0.423. The Bertz CT molecular complexity index is 277. The number of methoxy groups -OCH3 is 1. The molecule has 0 aromatic carbocycles. The van der Waals surface area contributed by atoms with Gasteiger partial charge in [-0.15, -0.1) is 0 Å². The molecule has 0 saturated carbocycles. The maximum Gasteiger partial charge on any atom is 0.491 e. The van der Waals surface area contributed by atoms with Gasteiger partial charge in [-0.25, -0.2) is 0 Å². The molecule has 4 nitrogen and oxygen atoms in total. The van der Waals surface area contributed by atoms with Crippen molar-refractivity contribution in [3.05, 3.63) is 16.9 Å². The Labute approximate surface area is 85.4 Å². The third kappa shape index (κ3) is 2.84. The number of nitrogens with zero attached hydrogens (tertiary/aromatic N) is 1. The molecule has 0 radical (unpaired) electrons. The van der Waals surface area contributed by atoms with E-state index in [1.165, 1.54) is 0 Å². The Balaban J connectivity index is 2.71. The monoisotopic (exact) mass is 247 g/mol. The minimum atomic E-state index is -1.43. The standard InChI is InChI=1S/C7H11BBrNO3/c1-13-3-2-10-4-6(8(11)12)7(9)5-10/h4-5,11-12H,2-3H2,1H3. The van der Waals surface area contributed by atoms with Crippen LogP contribution in [0.25, 0.3) is 0 Å².